The number of benzene rings is 1. The van der Waals surface area contributed by atoms with Crippen molar-refractivity contribution in [1.29, 1.82) is 0 Å². The highest BCUT2D eigenvalue weighted by atomic mass is 32.1. The van der Waals surface area contributed by atoms with E-state index in [2.05, 4.69) is 46.1 Å². The van der Waals surface area contributed by atoms with E-state index in [9.17, 15) is 4.79 Å². The van der Waals surface area contributed by atoms with Gasteiger partial charge in [-0.05, 0) is 56.0 Å². The molecule has 9 heteroatoms. The van der Waals surface area contributed by atoms with Gasteiger partial charge in [-0.25, -0.2) is 19.3 Å². The Balaban J connectivity index is 1.42. The quantitative estimate of drug-likeness (QED) is 0.487. The van der Waals surface area contributed by atoms with Crippen LogP contribution in [0.15, 0.2) is 34.6 Å². The van der Waals surface area contributed by atoms with Gasteiger partial charge in [0.15, 0.2) is 5.65 Å². The van der Waals surface area contributed by atoms with E-state index in [1.807, 2.05) is 11.6 Å². The van der Waals surface area contributed by atoms with Crippen LogP contribution in [0.1, 0.15) is 43.5 Å². The Kier molecular flexibility index (Phi) is 4.44. The van der Waals surface area contributed by atoms with E-state index < -0.39 is 0 Å². The van der Waals surface area contributed by atoms with Gasteiger partial charge >= 0.3 is 0 Å². The standard InChI is InChI=1S/C23H25N7OS/c1-3-29-20(31)17-12-25-21(26-16-5-4-14-6-9-24-11-15(14)10-16)28-19(17)30(29)22-27-18(13-32-22)23(2)7-8-23/h4-5,10,12-13,24H,3,6-9,11H2,1-2H3,(H,25,26,28). The zero-order valence-corrected chi connectivity index (χ0v) is 19.0. The van der Waals surface area contributed by atoms with Crippen LogP contribution in [-0.2, 0) is 24.9 Å². The number of anilines is 2. The van der Waals surface area contributed by atoms with Gasteiger partial charge in [-0.2, -0.15) is 4.98 Å². The van der Waals surface area contributed by atoms with Gasteiger partial charge in [0.1, 0.15) is 5.39 Å². The number of fused-ring (bicyclic) bond motifs is 2. The summed E-state index contributed by atoms with van der Waals surface area (Å²) in [5, 5.41) is 10.1. The fraction of sp³-hybridized carbons (Fsp3) is 0.391. The summed E-state index contributed by atoms with van der Waals surface area (Å²) >= 11 is 1.56. The van der Waals surface area contributed by atoms with Crippen LogP contribution in [-0.4, -0.2) is 30.9 Å². The van der Waals surface area contributed by atoms with Gasteiger partial charge in [-0.15, -0.1) is 11.3 Å². The van der Waals surface area contributed by atoms with E-state index in [-0.39, 0.29) is 11.0 Å². The summed E-state index contributed by atoms with van der Waals surface area (Å²) in [4.78, 5) is 27.1. The molecular formula is C23H25N7OS. The Bertz CT molecular complexity index is 1400. The van der Waals surface area contributed by atoms with Gasteiger partial charge in [-0.3, -0.25) is 4.79 Å². The molecule has 1 saturated carbocycles. The van der Waals surface area contributed by atoms with E-state index >= 15 is 0 Å². The van der Waals surface area contributed by atoms with Crippen molar-refractivity contribution >= 4 is 34.0 Å². The number of aromatic nitrogens is 5. The first-order valence-corrected chi connectivity index (χ1v) is 12.0. The highest BCUT2D eigenvalue weighted by Gasteiger charge is 2.41. The third-order valence-electron chi connectivity index (χ3n) is 6.62. The average molecular weight is 448 g/mol. The van der Waals surface area contributed by atoms with Crippen molar-refractivity contribution in [1.82, 2.24) is 29.6 Å². The molecule has 1 aromatic carbocycles. The fourth-order valence-electron chi connectivity index (χ4n) is 4.34. The highest BCUT2D eigenvalue weighted by Crippen LogP contribution is 2.47. The summed E-state index contributed by atoms with van der Waals surface area (Å²) in [7, 11) is 0. The van der Waals surface area contributed by atoms with Crippen LogP contribution in [0.5, 0.6) is 0 Å². The Morgan fingerprint density at radius 3 is 2.94 bits per heavy atom. The van der Waals surface area contributed by atoms with E-state index in [4.69, 9.17) is 9.97 Å². The minimum Gasteiger partial charge on any atom is -0.324 e. The zero-order valence-electron chi connectivity index (χ0n) is 18.2. The second-order valence-electron chi connectivity index (χ2n) is 8.87. The third kappa shape index (κ3) is 3.15. The predicted molar refractivity (Wildman–Crippen MR) is 126 cm³/mol. The van der Waals surface area contributed by atoms with Crippen molar-refractivity contribution in [2.75, 3.05) is 11.9 Å². The van der Waals surface area contributed by atoms with Crippen LogP contribution < -0.4 is 16.2 Å². The van der Waals surface area contributed by atoms with Crippen LogP contribution in [0.2, 0.25) is 0 Å². The molecule has 0 radical (unpaired) electrons. The minimum atomic E-state index is -0.0942. The summed E-state index contributed by atoms with van der Waals surface area (Å²) in [6, 6.07) is 6.37. The Morgan fingerprint density at radius 2 is 2.12 bits per heavy atom. The molecule has 164 valence electrons. The summed E-state index contributed by atoms with van der Waals surface area (Å²) < 4.78 is 3.53. The van der Waals surface area contributed by atoms with Crippen LogP contribution in [0.25, 0.3) is 16.2 Å². The Hall–Kier alpha value is -3.04. The van der Waals surface area contributed by atoms with Gasteiger partial charge in [0.2, 0.25) is 11.1 Å². The number of nitrogens with one attached hydrogen (secondary N) is 2. The number of rotatable bonds is 5. The molecule has 6 rings (SSSR count). The maximum Gasteiger partial charge on any atom is 0.278 e. The lowest BCUT2D eigenvalue weighted by molar-refractivity contribution is 0.571. The summed E-state index contributed by atoms with van der Waals surface area (Å²) in [6.45, 7) is 6.62. The van der Waals surface area contributed by atoms with Gasteiger partial charge < -0.3 is 10.6 Å². The topological polar surface area (TPSA) is 89.7 Å². The molecule has 0 amide bonds. The molecular weight excluding hydrogens is 422 g/mol. The van der Waals surface area contributed by atoms with Crippen molar-refractivity contribution < 1.29 is 0 Å². The Morgan fingerprint density at radius 1 is 1.25 bits per heavy atom. The minimum absolute atomic E-state index is 0.0942. The smallest absolute Gasteiger partial charge is 0.278 e. The van der Waals surface area contributed by atoms with Crippen molar-refractivity contribution in [2.24, 2.45) is 0 Å². The number of thiazole rings is 1. The highest BCUT2D eigenvalue weighted by molar-refractivity contribution is 7.12. The molecule has 0 spiro atoms. The van der Waals surface area contributed by atoms with Gasteiger partial charge in [0.05, 0.1) is 5.69 Å². The lowest BCUT2D eigenvalue weighted by atomic mass is 10.0. The molecule has 3 aromatic heterocycles. The summed E-state index contributed by atoms with van der Waals surface area (Å²) in [6.07, 6.45) is 4.99. The molecule has 2 N–H and O–H groups in total. The van der Waals surface area contributed by atoms with Gasteiger partial charge in [-0.1, -0.05) is 13.0 Å². The SMILES string of the molecule is CCn1c(=O)c2cnc(Nc3ccc4c(c3)CNCC4)nc2n1-c1nc(C2(C)CC2)cs1. The molecule has 0 atom stereocenters. The van der Waals surface area contributed by atoms with Crippen LogP contribution in [0, 0.1) is 0 Å². The maximum absolute atomic E-state index is 13.0. The largest absolute Gasteiger partial charge is 0.324 e. The maximum atomic E-state index is 13.0. The molecule has 0 unspecified atom stereocenters. The summed E-state index contributed by atoms with van der Waals surface area (Å²) in [5.41, 5.74) is 5.37. The number of nitrogens with zero attached hydrogens (tertiary/aromatic N) is 5. The van der Waals surface area contributed by atoms with E-state index in [1.165, 1.54) is 11.1 Å². The number of hydrogen-bond donors (Lipinski definition) is 2. The molecule has 4 aromatic rings. The first-order valence-electron chi connectivity index (χ1n) is 11.1. The lowest BCUT2D eigenvalue weighted by Gasteiger charge is -2.18. The molecule has 0 saturated heterocycles. The van der Waals surface area contributed by atoms with Crippen LogP contribution in [0.4, 0.5) is 11.6 Å². The van der Waals surface area contributed by atoms with Gasteiger partial charge in [0, 0.05) is 35.8 Å². The monoisotopic (exact) mass is 447 g/mol. The average Bonchev–Trinajstić information content (AvgIpc) is 3.26. The first kappa shape index (κ1) is 19.6. The second kappa shape index (κ2) is 7.25. The van der Waals surface area contributed by atoms with Gasteiger partial charge in [0.25, 0.3) is 5.56 Å². The predicted octanol–water partition coefficient (Wildman–Crippen LogP) is 3.50. The lowest BCUT2D eigenvalue weighted by Crippen LogP contribution is -2.23. The van der Waals surface area contributed by atoms with Crippen molar-refractivity contribution in [3.8, 4) is 5.13 Å². The van der Waals surface area contributed by atoms with Crippen LogP contribution >= 0.6 is 11.3 Å². The van der Waals surface area contributed by atoms with E-state index in [0.717, 1.165) is 48.9 Å². The van der Waals surface area contributed by atoms with E-state index in [0.29, 0.717) is 23.5 Å². The summed E-state index contributed by atoms with van der Waals surface area (Å²) in [5.74, 6) is 0.467. The van der Waals surface area contributed by atoms with E-state index in [1.54, 1.807) is 22.2 Å². The van der Waals surface area contributed by atoms with Crippen molar-refractivity contribution in [3.63, 3.8) is 0 Å². The zero-order chi connectivity index (χ0) is 21.9. The molecule has 1 aliphatic carbocycles. The molecule has 2 aliphatic rings. The molecule has 4 heterocycles. The normalized spacial score (nSPS) is 16.8. The first-order chi connectivity index (χ1) is 15.6. The molecule has 8 nitrogen and oxygen atoms in total. The number of hydrogen-bond acceptors (Lipinski definition) is 7. The molecule has 0 bridgehead atoms. The molecule has 32 heavy (non-hydrogen) atoms. The van der Waals surface area contributed by atoms with Crippen LogP contribution in [0.3, 0.4) is 0 Å². The molecule has 1 fully saturated rings. The third-order valence-corrected chi connectivity index (χ3v) is 7.43. The molecule has 1 aliphatic heterocycles. The Labute approximate surface area is 189 Å². The van der Waals surface area contributed by atoms with Crippen molar-refractivity contribution in [2.45, 2.75) is 51.6 Å². The fourth-order valence-corrected chi connectivity index (χ4v) is 5.33. The van der Waals surface area contributed by atoms with Crippen molar-refractivity contribution in [3.05, 3.63) is 57.0 Å². The second-order valence-corrected chi connectivity index (χ2v) is 9.71.